The van der Waals surface area contributed by atoms with Crippen LogP contribution in [0.1, 0.15) is 27.2 Å². The lowest BCUT2D eigenvalue weighted by Gasteiger charge is -2.24. The number of pyridine rings is 1. The number of carbonyl (C=O) groups excluding carboxylic acids is 1. The van der Waals surface area contributed by atoms with Crippen LogP contribution in [0.2, 0.25) is 0 Å². The van der Waals surface area contributed by atoms with E-state index in [2.05, 4.69) is 10.3 Å². The normalized spacial score (nSPS) is 19.3. The summed E-state index contributed by atoms with van der Waals surface area (Å²) in [5.74, 6) is 0. The van der Waals surface area contributed by atoms with Crippen molar-refractivity contribution in [2.24, 2.45) is 0 Å². The molecule has 1 saturated heterocycles. The molecule has 1 amide bonds. The first-order valence-electron chi connectivity index (χ1n) is 6.58. The average molecular weight is 263 g/mol. The van der Waals surface area contributed by atoms with Crippen LogP contribution in [0, 0.1) is 0 Å². The Kier molecular flexibility index (Phi) is 3.93. The monoisotopic (exact) mass is 263 g/mol. The molecule has 5 heteroatoms. The van der Waals surface area contributed by atoms with Crippen molar-refractivity contribution in [2.45, 2.75) is 38.8 Å². The minimum atomic E-state index is -0.437. The fraction of sp³-hybridized carbons (Fsp3) is 0.571. The zero-order chi connectivity index (χ0) is 13.9. The molecule has 0 aromatic carbocycles. The number of aromatic nitrogens is 1. The summed E-state index contributed by atoms with van der Waals surface area (Å²) in [7, 11) is 0. The van der Waals surface area contributed by atoms with Crippen molar-refractivity contribution in [3.05, 3.63) is 24.5 Å². The fourth-order valence-corrected chi connectivity index (χ4v) is 2.05. The van der Waals surface area contributed by atoms with E-state index in [1.807, 2.05) is 32.9 Å². The van der Waals surface area contributed by atoms with Gasteiger partial charge in [0.1, 0.15) is 5.60 Å². The summed E-state index contributed by atoms with van der Waals surface area (Å²) in [5.41, 5.74) is 0.597. The van der Waals surface area contributed by atoms with Crippen LogP contribution in [-0.4, -0.2) is 40.7 Å². The number of hydrogen-bond donors (Lipinski definition) is 1. The van der Waals surface area contributed by atoms with Gasteiger partial charge in [-0.15, -0.1) is 0 Å². The van der Waals surface area contributed by atoms with Gasteiger partial charge in [0.25, 0.3) is 0 Å². The lowest BCUT2D eigenvalue weighted by molar-refractivity contribution is 0.0293. The first kappa shape index (κ1) is 13.6. The predicted octanol–water partition coefficient (Wildman–Crippen LogP) is 2.50. The van der Waals surface area contributed by atoms with Crippen LogP contribution >= 0.6 is 0 Å². The van der Waals surface area contributed by atoms with Crippen LogP contribution in [0.5, 0.6) is 0 Å². The van der Waals surface area contributed by atoms with E-state index in [0.29, 0.717) is 6.54 Å². The molecular formula is C14H21N3O2. The highest BCUT2D eigenvalue weighted by Gasteiger charge is 2.29. The van der Waals surface area contributed by atoms with Gasteiger partial charge in [-0.1, -0.05) is 0 Å². The molecule has 1 aliphatic heterocycles. The van der Waals surface area contributed by atoms with Crippen LogP contribution in [0.25, 0.3) is 0 Å². The average Bonchev–Trinajstić information content (AvgIpc) is 2.77. The van der Waals surface area contributed by atoms with Crippen molar-refractivity contribution in [1.29, 1.82) is 0 Å². The number of nitrogens with zero attached hydrogens (tertiary/aromatic N) is 2. The maximum absolute atomic E-state index is 11.9. The topological polar surface area (TPSA) is 54.5 Å². The molecule has 2 rings (SSSR count). The number of amides is 1. The maximum Gasteiger partial charge on any atom is 0.410 e. The number of hydrogen-bond acceptors (Lipinski definition) is 4. The summed E-state index contributed by atoms with van der Waals surface area (Å²) in [6.45, 7) is 7.06. The van der Waals surface area contributed by atoms with Gasteiger partial charge in [-0.2, -0.15) is 0 Å². The van der Waals surface area contributed by atoms with E-state index < -0.39 is 5.60 Å². The second kappa shape index (κ2) is 5.47. The van der Waals surface area contributed by atoms with Crippen molar-refractivity contribution < 1.29 is 9.53 Å². The molecule has 104 valence electrons. The molecule has 1 aliphatic rings. The van der Waals surface area contributed by atoms with Crippen LogP contribution in [-0.2, 0) is 4.74 Å². The van der Waals surface area contributed by atoms with E-state index in [0.717, 1.165) is 18.7 Å². The van der Waals surface area contributed by atoms with Crippen molar-refractivity contribution in [3.8, 4) is 0 Å². The summed E-state index contributed by atoms with van der Waals surface area (Å²) in [4.78, 5) is 17.7. The van der Waals surface area contributed by atoms with Gasteiger partial charge in [0.05, 0.1) is 0 Å². The van der Waals surface area contributed by atoms with Crippen LogP contribution < -0.4 is 5.32 Å². The highest BCUT2D eigenvalue weighted by Crippen LogP contribution is 2.18. The summed E-state index contributed by atoms with van der Waals surface area (Å²) in [6.07, 6.45) is 4.21. The lowest BCUT2D eigenvalue weighted by atomic mass is 10.2. The van der Waals surface area contributed by atoms with Gasteiger partial charge in [0, 0.05) is 37.2 Å². The number of carbonyl (C=O) groups is 1. The van der Waals surface area contributed by atoms with Crippen molar-refractivity contribution in [2.75, 3.05) is 18.4 Å². The van der Waals surface area contributed by atoms with Gasteiger partial charge >= 0.3 is 6.09 Å². The summed E-state index contributed by atoms with van der Waals surface area (Å²) >= 11 is 0. The lowest BCUT2D eigenvalue weighted by Crippen LogP contribution is -2.36. The third-order valence-electron chi connectivity index (χ3n) is 2.89. The van der Waals surface area contributed by atoms with Crippen molar-refractivity contribution >= 4 is 11.8 Å². The van der Waals surface area contributed by atoms with Gasteiger partial charge in [-0.3, -0.25) is 4.98 Å². The Morgan fingerprint density at radius 3 is 2.74 bits per heavy atom. The second-order valence-electron chi connectivity index (χ2n) is 5.79. The molecule has 0 unspecified atom stereocenters. The quantitative estimate of drug-likeness (QED) is 0.890. The standard InChI is InChI=1S/C14H21N3O2/c1-14(2,3)19-13(18)17-9-6-12(10-17)16-11-4-7-15-8-5-11/h4-5,7-8,12H,6,9-10H2,1-3H3,(H,15,16)/t12-/m0/s1. The van der Waals surface area contributed by atoms with E-state index in [1.54, 1.807) is 17.3 Å². The Morgan fingerprint density at radius 2 is 2.11 bits per heavy atom. The second-order valence-corrected chi connectivity index (χ2v) is 5.79. The minimum absolute atomic E-state index is 0.230. The first-order chi connectivity index (χ1) is 8.94. The molecule has 0 radical (unpaired) electrons. The smallest absolute Gasteiger partial charge is 0.410 e. The largest absolute Gasteiger partial charge is 0.444 e. The number of ether oxygens (including phenoxy) is 1. The van der Waals surface area contributed by atoms with Crippen LogP contribution in [0.3, 0.4) is 0 Å². The minimum Gasteiger partial charge on any atom is -0.444 e. The zero-order valence-electron chi connectivity index (χ0n) is 11.7. The molecule has 5 nitrogen and oxygen atoms in total. The van der Waals surface area contributed by atoms with Crippen LogP contribution in [0.4, 0.5) is 10.5 Å². The molecule has 1 aromatic rings. The summed E-state index contributed by atoms with van der Waals surface area (Å²) in [6, 6.07) is 4.13. The van der Waals surface area contributed by atoms with E-state index in [1.165, 1.54) is 0 Å². The number of nitrogens with one attached hydrogen (secondary N) is 1. The SMILES string of the molecule is CC(C)(C)OC(=O)N1CC[C@H](Nc2ccncc2)C1. The Morgan fingerprint density at radius 1 is 1.42 bits per heavy atom. The third kappa shape index (κ3) is 4.12. The molecule has 1 N–H and O–H groups in total. The Bertz CT molecular complexity index is 428. The molecule has 0 saturated carbocycles. The summed E-state index contributed by atoms with van der Waals surface area (Å²) in [5, 5.41) is 3.40. The maximum atomic E-state index is 11.9. The van der Waals surface area contributed by atoms with Gasteiger partial charge in [0.2, 0.25) is 0 Å². The molecular weight excluding hydrogens is 242 g/mol. The Balaban J connectivity index is 1.85. The van der Waals surface area contributed by atoms with E-state index >= 15 is 0 Å². The molecule has 0 spiro atoms. The summed E-state index contributed by atoms with van der Waals surface area (Å²) < 4.78 is 5.37. The van der Waals surface area contributed by atoms with Gasteiger partial charge in [-0.05, 0) is 39.3 Å². The van der Waals surface area contributed by atoms with E-state index in [4.69, 9.17) is 4.74 Å². The molecule has 1 fully saturated rings. The molecule has 0 bridgehead atoms. The van der Waals surface area contributed by atoms with Crippen molar-refractivity contribution in [3.63, 3.8) is 0 Å². The molecule has 2 heterocycles. The molecule has 19 heavy (non-hydrogen) atoms. The predicted molar refractivity (Wildman–Crippen MR) is 74.1 cm³/mol. The van der Waals surface area contributed by atoms with E-state index in [9.17, 15) is 4.79 Å². The fourth-order valence-electron chi connectivity index (χ4n) is 2.05. The first-order valence-corrected chi connectivity index (χ1v) is 6.58. The van der Waals surface area contributed by atoms with Gasteiger partial charge in [0.15, 0.2) is 0 Å². The Hall–Kier alpha value is -1.78. The highest BCUT2D eigenvalue weighted by atomic mass is 16.6. The highest BCUT2D eigenvalue weighted by molar-refractivity contribution is 5.68. The van der Waals surface area contributed by atoms with Crippen LogP contribution in [0.15, 0.2) is 24.5 Å². The molecule has 0 aliphatic carbocycles. The number of anilines is 1. The molecule has 1 atom stereocenters. The van der Waals surface area contributed by atoms with Crippen molar-refractivity contribution in [1.82, 2.24) is 9.88 Å². The van der Waals surface area contributed by atoms with E-state index in [-0.39, 0.29) is 12.1 Å². The van der Waals surface area contributed by atoms with Gasteiger partial charge in [-0.25, -0.2) is 4.79 Å². The number of rotatable bonds is 2. The Labute approximate surface area is 114 Å². The third-order valence-corrected chi connectivity index (χ3v) is 2.89. The van der Waals surface area contributed by atoms with Gasteiger partial charge < -0.3 is 15.0 Å². The molecule has 1 aromatic heterocycles. The number of likely N-dealkylation sites (tertiary alicyclic amines) is 1. The zero-order valence-corrected chi connectivity index (χ0v) is 11.7.